The van der Waals surface area contributed by atoms with Crippen LogP contribution in [0.25, 0.3) is 0 Å². The van der Waals surface area contributed by atoms with E-state index < -0.39 is 6.04 Å². The first-order chi connectivity index (χ1) is 15.9. The van der Waals surface area contributed by atoms with Crippen LogP contribution in [-0.4, -0.2) is 11.8 Å². The second kappa shape index (κ2) is 11.5. The largest absolute Gasteiger partial charge is 0.489 e. The Hall–Kier alpha value is -4.11. The highest BCUT2D eigenvalue weighted by molar-refractivity contribution is 5.98. The Bertz CT molecular complexity index is 1140. The fourth-order valence-corrected chi connectivity index (χ4v) is 3.31. The smallest absolute Gasteiger partial charge is 0.251 e. The van der Waals surface area contributed by atoms with Crippen molar-refractivity contribution in [1.29, 1.82) is 5.26 Å². The number of carbonyl (C=O) groups excluding carboxylic acids is 2. The number of anilines is 1. The SMILES string of the molecule is CC(C)CC(=O)NC(C(=O)Nc1cccc(OCc2cccc(C#N)c2)c1)c1ccccc1. The van der Waals surface area contributed by atoms with E-state index in [2.05, 4.69) is 16.7 Å². The van der Waals surface area contributed by atoms with Crippen molar-refractivity contribution >= 4 is 17.5 Å². The maximum atomic E-state index is 13.1. The molecule has 0 bridgehead atoms. The quantitative estimate of drug-likeness (QED) is 0.490. The summed E-state index contributed by atoms with van der Waals surface area (Å²) in [6.07, 6.45) is 0.340. The summed E-state index contributed by atoms with van der Waals surface area (Å²) in [7, 11) is 0. The Balaban J connectivity index is 1.70. The number of hydrogen-bond acceptors (Lipinski definition) is 4. The standard InChI is InChI=1S/C27H27N3O3/c1-19(2)14-25(31)30-26(22-10-4-3-5-11-22)27(32)29-23-12-7-13-24(16-23)33-18-21-9-6-8-20(15-21)17-28/h3-13,15-16,19,26H,14,18H2,1-2H3,(H,29,32)(H,30,31). The number of carbonyl (C=O) groups is 2. The molecule has 2 N–H and O–H groups in total. The van der Waals surface area contributed by atoms with Gasteiger partial charge in [0.2, 0.25) is 5.91 Å². The van der Waals surface area contributed by atoms with Gasteiger partial charge in [0.25, 0.3) is 5.91 Å². The molecule has 6 heteroatoms. The van der Waals surface area contributed by atoms with Gasteiger partial charge in [0.15, 0.2) is 0 Å². The third kappa shape index (κ3) is 7.22. The van der Waals surface area contributed by atoms with Crippen LogP contribution in [-0.2, 0) is 16.2 Å². The summed E-state index contributed by atoms with van der Waals surface area (Å²) >= 11 is 0. The van der Waals surface area contributed by atoms with E-state index in [9.17, 15) is 9.59 Å². The predicted molar refractivity (Wildman–Crippen MR) is 127 cm³/mol. The van der Waals surface area contributed by atoms with Gasteiger partial charge < -0.3 is 15.4 Å². The number of ether oxygens (including phenoxy) is 1. The van der Waals surface area contributed by atoms with Gasteiger partial charge in [-0.3, -0.25) is 9.59 Å². The van der Waals surface area contributed by atoms with Crippen molar-refractivity contribution < 1.29 is 14.3 Å². The number of hydrogen-bond donors (Lipinski definition) is 2. The second-order valence-corrected chi connectivity index (χ2v) is 8.13. The molecule has 1 unspecified atom stereocenters. The summed E-state index contributed by atoms with van der Waals surface area (Å²) in [5.74, 6) is 0.255. The van der Waals surface area contributed by atoms with Gasteiger partial charge in [-0.15, -0.1) is 0 Å². The minimum atomic E-state index is -0.809. The van der Waals surface area contributed by atoms with Crippen LogP contribution in [0.3, 0.4) is 0 Å². The van der Waals surface area contributed by atoms with Gasteiger partial charge in [-0.2, -0.15) is 5.26 Å². The van der Waals surface area contributed by atoms with Crippen LogP contribution in [0.15, 0.2) is 78.9 Å². The minimum Gasteiger partial charge on any atom is -0.489 e. The predicted octanol–water partition coefficient (Wildman–Crippen LogP) is 4.98. The van der Waals surface area contributed by atoms with E-state index in [1.807, 2.05) is 56.3 Å². The first kappa shape index (κ1) is 23.6. The summed E-state index contributed by atoms with van der Waals surface area (Å²) in [4.78, 5) is 25.5. The van der Waals surface area contributed by atoms with Crippen molar-refractivity contribution in [2.45, 2.75) is 32.9 Å². The van der Waals surface area contributed by atoms with Crippen molar-refractivity contribution in [3.63, 3.8) is 0 Å². The van der Waals surface area contributed by atoms with E-state index in [0.29, 0.717) is 35.6 Å². The average Bonchev–Trinajstić information content (AvgIpc) is 2.81. The number of benzene rings is 3. The lowest BCUT2D eigenvalue weighted by molar-refractivity contribution is -0.127. The normalized spacial score (nSPS) is 11.3. The molecule has 3 aromatic carbocycles. The molecule has 0 saturated heterocycles. The summed E-state index contributed by atoms with van der Waals surface area (Å²) in [6, 6.07) is 24.7. The molecule has 0 fully saturated rings. The highest BCUT2D eigenvalue weighted by Crippen LogP contribution is 2.21. The van der Waals surface area contributed by atoms with Gasteiger partial charge in [0.1, 0.15) is 18.4 Å². The van der Waals surface area contributed by atoms with Crippen LogP contribution in [0.1, 0.15) is 43.0 Å². The molecule has 0 aliphatic carbocycles. The van der Waals surface area contributed by atoms with Crippen molar-refractivity contribution in [3.05, 3.63) is 95.6 Å². The third-order valence-corrected chi connectivity index (χ3v) is 4.86. The number of amides is 2. The Labute approximate surface area is 194 Å². The highest BCUT2D eigenvalue weighted by Gasteiger charge is 2.23. The molecule has 0 aromatic heterocycles. The lowest BCUT2D eigenvalue weighted by Gasteiger charge is -2.20. The zero-order valence-corrected chi connectivity index (χ0v) is 18.7. The summed E-state index contributed by atoms with van der Waals surface area (Å²) in [6.45, 7) is 4.21. The topological polar surface area (TPSA) is 91.2 Å². The Morgan fingerprint density at radius 1 is 0.970 bits per heavy atom. The van der Waals surface area contributed by atoms with E-state index in [1.165, 1.54) is 0 Å². The molecule has 2 amide bonds. The Morgan fingerprint density at radius 3 is 2.45 bits per heavy atom. The summed E-state index contributed by atoms with van der Waals surface area (Å²) < 4.78 is 5.84. The van der Waals surface area contributed by atoms with Gasteiger partial charge in [-0.05, 0) is 41.3 Å². The highest BCUT2D eigenvalue weighted by atomic mass is 16.5. The lowest BCUT2D eigenvalue weighted by Crippen LogP contribution is -2.37. The van der Waals surface area contributed by atoms with E-state index in [0.717, 1.165) is 5.56 Å². The van der Waals surface area contributed by atoms with Crippen molar-refractivity contribution in [2.75, 3.05) is 5.32 Å². The van der Waals surface area contributed by atoms with Gasteiger partial charge in [0.05, 0.1) is 11.6 Å². The van der Waals surface area contributed by atoms with Gasteiger partial charge in [-0.25, -0.2) is 0 Å². The molecular formula is C27H27N3O3. The number of nitrogens with zero attached hydrogens (tertiary/aromatic N) is 1. The second-order valence-electron chi connectivity index (χ2n) is 8.13. The van der Waals surface area contributed by atoms with E-state index in [-0.39, 0.29) is 17.7 Å². The molecule has 0 heterocycles. The maximum Gasteiger partial charge on any atom is 0.251 e. The summed E-state index contributed by atoms with van der Waals surface area (Å²) in [5, 5.41) is 14.8. The lowest BCUT2D eigenvalue weighted by atomic mass is 10.0. The van der Waals surface area contributed by atoms with Crippen LogP contribution < -0.4 is 15.4 Å². The average molecular weight is 442 g/mol. The zero-order chi connectivity index (χ0) is 23.6. The molecule has 3 aromatic rings. The first-order valence-electron chi connectivity index (χ1n) is 10.8. The van der Waals surface area contributed by atoms with Crippen molar-refractivity contribution in [1.82, 2.24) is 5.32 Å². The van der Waals surface area contributed by atoms with Crippen LogP contribution >= 0.6 is 0 Å². The zero-order valence-electron chi connectivity index (χ0n) is 18.7. The minimum absolute atomic E-state index is 0.175. The number of rotatable bonds is 9. The van der Waals surface area contributed by atoms with E-state index in [4.69, 9.17) is 10.00 Å². The monoisotopic (exact) mass is 441 g/mol. The van der Waals surface area contributed by atoms with Crippen LogP contribution in [0.5, 0.6) is 5.75 Å². The molecule has 0 aliphatic rings. The molecule has 0 saturated carbocycles. The van der Waals surface area contributed by atoms with Crippen LogP contribution in [0.2, 0.25) is 0 Å². The van der Waals surface area contributed by atoms with Crippen molar-refractivity contribution in [3.8, 4) is 11.8 Å². The van der Waals surface area contributed by atoms with E-state index >= 15 is 0 Å². The molecule has 0 spiro atoms. The molecule has 0 radical (unpaired) electrons. The Kier molecular flexibility index (Phi) is 8.20. The fourth-order valence-electron chi connectivity index (χ4n) is 3.31. The van der Waals surface area contributed by atoms with Gasteiger partial charge in [0, 0.05) is 18.2 Å². The molecule has 6 nitrogen and oxygen atoms in total. The first-order valence-corrected chi connectivity index (χ1v) is 10.8. The summed E-state index contributed by atoms with van der Waals surface area (Å²) in [5.41, 5.74) is 2.71. The van der Waals surface area contributed by atoms with Crippen LogP contribution in [0, 0.1) is 17.2 Å². The molecule has 3 rings (SSSR count). The molecule has 0 aliphatic heterocycles. The molecular weight excluding hydrogens is 414 g/mol. The van der Waals surface area contributed by atoms with Gasteiger partial charge in [-0.1, -0.05) is 62.4 Å². The van der Waals surface area contributed by atoms with Crippen molar-refractivity contribution in [2.24, 2.45) is 5.92 Å². The van der Waals surface area contributed by atoms with Crippen LogP contribution in [0.4, 0.5) is 5.69 Å². The molecule has 1 atom stereocenters. The van der Waals surface area contributed by atoms with E-state index in [1.54, 1.807) is 36.4 Å². The number of nitrogens with one attached hydrogen (secondary N) is 2. The molecule has 33 heavy (non-hydrogen) atoms. The molecule has 168 valence electrons. The van der Waals surface area contributed by atoms with Gasteiger partial charge >= 0.3 is 0 Å². The number of nitriles is 1. The maximum absolute atomic E-state index is 13.1. The third-order valence-electron chi connectivity index (χ3n) is 4.86. The Morgan fingerprint density at radius 2 is 1.73 bits per heavy atom. The fraction of sp³-hybridized carbons (Fsp3) is 0.222.